The maximum Gasteiger partial charge on any atom is 0.243 e. The van der Waals surface area contributed by atoms with Crippen LogP contribution in [-0.4, -0.2) is 71.1 Å². The molecular weight excluding hydrogens is 416 g/mol. The second-order valence-corrected chi connectivity index (χ2v) is 9.59. The van der Waals surface area contributed by atoms with Crippen molar-refractivity contribution < 1.29 is 13.2 Å². The Bertz CT molecular complexity index is 1150. The Morgan fingerprint density at radius 3 is 2.35 bits per heavy atom. The lowest BCUT2D eigenvalue weighted by atomic mass is 10.2. The average molecular weight is 443 g/mol. The summed E-state index contributed by atoms with van der Waals surface area (Å²) in [5, 5.41) is 12.1. The summed E-state index contributed by atoms with van der Waals surface area (Å²) in [6, 6.07) is 13.0. The Morgan fingerprint density at radius 1 is 1.00 bits per heavy atom. The molecule has 1 aromatic heterocycles. The first kappa shape index (κ1) is 21.4. The van der Waals surface area contributed by atoms with Crippen LogP contribution in [0, 0.1) is 13.8 Å². The van der Waals surface area contributed by atoms with Crippen LogP contribution in [0.2, 0.25) is 0 Å². The molecule has 1 saturated heterocycles. The number of aromatic nitrogens is 4. The number of benzene rings is 2. The van der Waals surface area contributed by atoms with Crippen molar-refractivity contribution in [1.29, 1.82) is 0 Å². The molecule has 9 nitrogen and oxygen atoms in total. The molecule has 3 aromatic rings. The number of tetrazole rings is 1. The highest BCUT2D eigenvalue weighted by molar-refractivity contribution is 7.89. The van der Waals surface area contributed by atoms with Crippen LogP contribution in [0.5, 0.6) is 5.75 Å². The van der Waals surface area contributed by atoms with Gasteiger partial charge < -0.3 is 4.74 Å². The first-order valence-corrected chi connectivity index (χ1v) is 11.5. The van der Waals surface area contributed by atoms with Gasteiger partial charge in [0.15, 0.2) is 5.82 Å². The molecule has 1 aliphatic heterocycles. The van der Waals surface area contributed by atoms with Gasteiger partial charge in [-0.1, -0.05) is 17.7 Å². The predicted octanol–water partition coefficient (Wildman–Crippen LogP) is 1.79. The van der Waals surface area contributed by atoms with E-state index in [4.69, 9.17) is 4.74 Å². The summed E-state index contributed by atoms with van der Waals surface area (Å²) in [7, 11) is -1.97. The summed E-state index contributed by atoms with van der Waals surface area (Å²) in [5.74, 6) is 1.40. The predicted molar refractivity (Wildman–Crippen MR) is 116 cm³/mol. The summed E-state index contributed by atoms with van der Waals surface area (Å²) in [6.07, 6.45) is 0. The fraction of sp³-hybridized carbons (Fsp3) is 0.381. The Balaban J connectivity index is 1.42. The van der Waals surface area contributed by atoms with Gasteiger partial charge in [-0.15, -0.1) is 5.10 Å². The molecular formula is C21H26N6O3S. The second-order valence-electron chi connectivity index (χ2n) is 7.65. The van der Waals surface area contributed by atoms with Crippen LogP contribution in [-0.2, 0) is 16.6 Å². The van der Waals surface area contributed by atoms with E-state index < -0.39 is 10.0 Å². The molecule has 0 radical (unpaired) electrons. The van der Waals surface area contributed by atoms with E-state index >= 15 is 0 Å². The van der Waals surface area contributed by atoms with Crippen molar-refractivity contribution in [3.8, 4) is 11.4 Å². The summed E-state index contributed by atoms with van der Waals surface area (Å²) in [6.45, 7) is 6.47. The minimum Gasteiger partial charge on any atom is -0.496 e. The lowest BCUT2D eigenvalue weighted by Gasteiger charge is -2.33. The average Bonchev–Trinajstić information content (AvgIpc) is 3.22. The number of methoxy groups -OCH3 is 1. The van der Waals surface area contributed by atoms with Crippen LogP contribution in [0.3, 0.4) is 0 Å². The Kier molecular flexibility index (Phi) is 6.03. The van der Waals surface area contributed by atoms with Gasteiger partial charge in [0, 0.05) is 26.2 Å². The molecule has 4 rings (SSSR count). The van der Waals surface area contributed by atoms with Crippen molar-refractivity contribution in [2.24, 2.45) is 0 Å². The third-order valence-electron chi connectivity index (χ3n) is 5.51. The molecule has 164 valence electrons. The number of piperazine rings is 1. The van der Waals surface area contributed by atoms with Gasteiger partial charge in [0.05, 0.1) is 24.2 Å². The SMILES string of the molecule is COc1ccc(S(=O)(=O)N2CCN(Cc3nnnn3-c3ccc(C)cc3)CC2)cc1C. The van der Waals surface area contributed by atoms with Gasteiger partial charge in [0.1, 0.15) is 5.75 Å². The van der Waals surface area contributed by atoms with Crippen LogP contribution < -0.4 is 4.74 Å². The van der Waals surface area contributed by atoms with E-state index in [9.17, 15) is 8.42 Å². The summed E-state index contributed by atoms with van der Waals surface area (Å²) >= 11 is 0. The quantitative estimate of drug-likeness (QED) is 0.575. The Morgan fingerprint density at radius 2 is 1.71 bits per heavy atom. The maximum atomic E-state index is 13.1. The van der Waals surface area contributed by atoms with E-state index in [1.165, 1.54) is 9.87 Å². The van der Waals surface area contributed by atoms with Crippen LogP contribution in [0.15, 0.2) is 47.4 Å². The molecule has 2 aromatic carbocycles. The van der Waals surface area contributed by atoms with Gasteiger partial charge >= 0.3 is 0 Å². The molecule has 0 amide bonds. The van der Waals surface area contributed by atoms with Crippen molar-refractivity contribution in [2.75, 3.05) is 33.3 Å². The van der Waals surface area contributed by atoms with E-state index in [0.29, 0.717) is 43.4 Å². The molecule has 10 heteroatoms. The fourth-order valence-electron chi connectivity index (χ4n) is 3.68. The minimum absolute atomic E-state index is 0.294. The molecule has 0 unspecified atom stereocenters. The van der Waals surface area contributed by atoms with Gasteiger partial charge in [-0.25, -0.2) is 8.42 Å². The first-order chi connectivity index (χ1) is 14.9. The molecule has 31 heavy (non-hydrogen) atoms. The minimum atomic E-state index is -3.54. The van der Waals surface area contributed by atoms with Gasteiger partial charge in [-0.05, 0) is 60.2 Å². The summed E-state index contributed by atoms with van der Waals surface area (Å²) in [5.41, 5.74) is 2.87. The smallest absolute Gasteiger partial charge is 0.243 e. The van der Waals surface area contributed by atoms with E-state index in [-0.39, 0.29) is 0 Å². The van der Waals surface area contributed by atoms with Crippen molar-refractivity contribution in [1.82, 2.24) is 29.4 Å². The van der Waals surface area contributed by atoms with Gasteiger partial charge in [0.2, 0.25) is 10.0 Å². The lowest BCUT2D eigenvalue weighted by molar-refractivity contribution is 0.177. The van der Waals surface area contributed by atoms with Gasteiger partial charge in [-0.2, -0.15) is 8.99 Å². The number of ether oxygens (including phenoxy) is 1. The fourth-order valence-corrected chi connectivity index (χ4v) is 5.19. The van der Waals surface area contributed by atoms with E-state index in [1.54, 1.807) is 30.0 Å². The maximum absolute atomic E-state index is 13.1. The molecule has 0 spiro atoms. The topological polar surface area (TPSA) is 93.5 Å². The van der Waals surface area contributed by atoms with Crippen LogP contribution in [0.25, 0.3) is 5.69 Å². The molecule has 2 heterocycles. The standard InChI is InChI=1S/C21H26N6O3S/c1-16-4-6-18(7-5-16)27-21(22-23-24-27)15-25-10-12-26(13-11-25)31(28,29)19-8-9-20(30-3)17(2)14-19/h4-9,14H,10-13,15H2,1-3H3. The zero-order valence-electron chi connectivity index (χ0n) is 17.9. The highest BCUT2D eigenvalue weighted by Gasteiger charge is 2.29. The van der Waals surface area contributed by atoms with E-state index in [2.05, 4.69) is 20.4 Å². The Hall–Kier alpha value is -2.82. The number of aryl methyl sites for hydroxylation is 2. The zero-order chi connectivity index (χ0) is 22.0. The largest absolute Gasteiger partial charge is 0.496 e. The molecule has 0 aliphatic carbocycles. The highest BCUT2D eigenvalue weighted by atomic mass is 32.2. The normalized spacial score (nSPS) is 15.8. The van der Waals surface area contributed by atoms with Crippen LogP contribution in [0.4, 0.5) is 0 Å². The van der Waals surface area contributed by atoms with E-state index in [1.807, 2.05) is 38.1 Å². The summed E-state index contributed by atoms with van der Waals surface area (Å²) < 4.78 is 34.6. The molecule has 0 saturated carbocycles. The van der Waals surface area contributed by atoms with Crippen molar-refractivity contribution in [2.45, 2.75) is 25.3 Å². The second kappa shape index (κ2) is 8.74. The van der Waals surface area contributed by atoms with Crippen molar-refractivity contribution >= 4 is 10.0 Å². The van der Waals surface area contributed by atoms with Crippen LogP contribution in [0.1, 0.15) is 17.0 Å². The number of nitrogens with zero attached hydrogens (tertiary/aromatic N) is 6. The number of rotatable bonds is 6. The molecule has 1 aliphatic rings. The van der Waals surface area contributed by atoms with E-state index in [0.717, 1.165) is 17.1 Å². The first-order valence-electron chi connectivity index (χ1n) is 10.1. The van der Waals surface area contributed by atoms with Crippen molar-refractivity contribution in [3.05, 3.63) is 59.4 Å². The molecule has 0 bridgehead atoms. The Labute approximate surface area is 182 Å². The van der Waals surface area contributed by atoms with Gasteiger partial charge in [-0.3, -0.25) is 4.90 Å². The lowest BCUT2D eigenvalue weighted by Crippen LogP contribution is -2.48. The third-order valence-corrected chi connectivity index (χ3v) is 7.41. The summed E-state index contributed by atoms with van der Waals surface area (Å²) in [4.78, 5) is 2.46. The highest BCUT2D eigenvalue weighted by Crippen LogP contribution is 2.24. The molecule has 1 fully saturated rings. The third kappa shape index (κ3) is 4.46. The zero-order valence-corrected chi connectivity index (χ0v) is 18.7. The number of sulfonamides is 1. The van der Waals surface area contributed by atoms with Gasteiger partial charge in [0.25, 0.3) is 0 Å². The molecule has 0 N–H and O–H groups in total. The van der Waals surface area contributed by atoms with Crippen LogP contribution >= 0.6 is 0 Å². The number of hydrogen-bond donors (Lipinski definition) is 0. The van der Waals surface area contributed by atoms with Crippen molar-refractivity contribution in [3.63, 3.8) is 0 Å². The molecule has 0 atom stereocenters. The number of hydrogen-bond acceptors (Lipinski definition) is 7. The monoisotopic (exact) mass is 442 g/mol.